The Morgan fingerprint density at radius 1 is 1.08 bits per heavy atom. The van der Waals surface area contributed by atoms with Crippen LogP contribution >= 0.6 is 0 Å². The van der Waals surface area contributed by atoms with E-state index in [1.807, 2.05) is 0 Å². The van der Waals surface area contributed by atoms with E-state index in [-0.39, 0.29) is 72.8 Å². The van der Waals surface area contributed by atoms with Gasteiger partial charge in [-0.25, -0.2) is 4.79 Å². The van der Waals surface area contributed by atoms with Crippen molar-refractivity contribution in [2.45, 2.75) is 32.7 Å². The van der Waals surface area contributed by atoms with Gasteiger partial charge in [-0.2, -0.15) is 0 Å². The summed E-state index contributed by atoms with van der Waals surface area (Å²) in [5, 5.41) is 42.9. The minimum absolute atomic E-state index is 0.0135. The van der Waals surface area contributed by atoms with Gasteiger partial charge >= 0.3 is 5.97 Å². The fourth-order valence-electron chi connectivity index (χ4n) is 3.08. The number of ether oxygens (including phenoxy) is 2. The number of hydrogen-bond acceptors (Lipinski definition) is 10. The maximum absolute atomic E-state index is 12.6. The molecule has 14 heteroatoms. The lowest BCUT2D eigenvalue weighted by Crippen LogP contribution is -2.49. The summed E-state index contributed by atoms with van der Waals surface area (Å²) in [7, 11) is 0. The van der Waals surface area contributed by atoms with Crippen molar-refractivity contribution in [2.75, 3.05) is 39.5 Å². The van der Waals surface area contributed by atoms with Crippen LogP contribution in [-0.2, 0) is 19.1 Å². The van der Waals surface area contributed by atoms with E-state index in [0.717, 1.165) is 6.07 Å². The molecule has 0 fully saturated rings. The zero-order valence-corrected chi connectivity index (χ0v) is 21.3. The van der Waals surface area contributed by atoms with Crippen LogP contribution in [0.2, 0.25) is 0 Å². The van der Waals surface area contributed by atoms with E-state index in [1.165, 1.54) is 26.0 Å². The highest BCUT2D eigenvalue weighted by molar-refractivity contribution is 6.20. The molecule has 0 aliphatic heterocycles. The Labute approximate surface area is 219 Å². The Balaban J connectivity index is 2.62. The van der Waals surface area contributed by atoms with Crippen LogP contribution in [-0.4, -0.2) is 90.3 Å². The predicted octanol–water partition coefficient (Wildman–Crippen LogP) is -0.752. The van der Waals surface area contributed by atoms with Crippen LogP contribution in [0.4, 0.5) is 0 Å². The van der Waals surface area contributed by atoms with Crippen LogP contribution in [0.3, 0.4) is 0 Å². The highest BCUT2D eigenvalue weighted by Crippen LogP contribution is 2.22. The number of aliphatic carboxylic acids is 1. The molecular weight excluding hydrogens is 502 g/mol. The quantitative estimate of drug-likeness (QED) is 0.0703. The van der Waals surface area contributed by atoms with Crippen LogP contribution in [0.15, 0.2) is 29.5 Å². The number of carboxylic acids is 1. The highest BCUT2D eigenvalue weighted by Gasteiger charge is 2.24. The number of carbonyl (C=O) groups is 4. The van der Waals surface area contributed by atoms with Gasteiger partial charge in [0.2, 0.25) is 5.91 Å². The maximum atomic E-state index is 12.6. The van der Waals surface area contributed by atoms with Gasteiger partial charge in [0.15, 0.2) is 0 Å². The van der Waals surface area contributed by atoms with Crippen molar-refractivity contribution in [3.8, 4) is 11.5 Å². The summed E-state index contributed by atoms with van der Waals surface area (Å²) in [6, 6.07) is 2.28. The molecule has 14 nitrogen and oxygen atoms in total. The van der Waals surface area contributed by atoms with Gasteiger partial charge in [-0.3, -0.25) is 14.4 Å². The smallest absolute Gasteiger partial charge is 0.328 e. The van der Waals surface area contributed by atoms with Crippen molar-refractivity contribution >= 4 is 29.4 Å². The SMILES string of the molecule is CC(=N)/C(C(=O)N[C@@H](CNC(=O)c1cc(O)cc(OCCCNC(=O)CCOCCO)c1)C(=O)O)=C(/C)N. The molecule has 38 heavy (non-hydrogen) atoms. The number of phenolic OH excluding ortho intramolecular Hbond substituents is 1. The van der Waals surface area contributed by atoms with Crippen molar-refractivity contribution in [1.29, 1.82) is 5.41 Å². The van der Waals surface area contributed by atoms with Gasteiger partial charge in [0.25, 0.3) is 11.8 Å². The van der Waals surface area contributed by atoms with E-state index >= 15 is 0 Å². The molecule has 0 aromatic heterocycles. The number of nitrogens with one attached hydrogen (secondary N) is 4. The number of allylic oxidation sites excluding steroid dienone is 1. The van der Waals surface area contributed by atoms with Crippen LogP contribution in [0, 0.1) is 5.41 Å². The average Bonchev–Trinajstić information content (AvgIpc) is 2.83. The van der Waals surface area contributed by atoms with Crippen molar-refractivity contribution < 1.29 is 44.0 Å². The molecule has 0 saturated carbocycles. The lowest BCUT2D eigenvalue weighted by molar-refractivity contribution is -0.141. The van der Waals surface area contributed by atoms with Crippen molar-refractivity contribution in [3.05, 3.63) is 35.0 Å². The number of aliphatic hydroxyl groups excluding tert-OH is 1. The molecule has 3 amide bonds. The van der Waals surface area contributed by atoms with Gasteiger partial charge in [-0.1, -0.05) is 0 Å². The maximum Gasteiger partial charge on any atom is 0.328 e. The number of amides is 3. The molecule has 0 spiro atoms. The summed E-state index contributed by atoms with van der Waals surface area (Å²) < 4.78 is 10.5. The summed E-state index contributed by atoms with van der Waals surface area (Å²) in [5.74, 6) is -3.30. The normalized spacial score (nSPS) is 12.1. The molecule has 1 atom stereocenters. The van der Waals surface area contributed by atoms with Crippen molar-refractivity contribution in [3.63, 3.8) is 0 Å². The second kappa shape index (κ2) is 16.6. The molecule has 1 aromatic rings. The van der Waals surface area contributed by atoms with Gasteiger partial charge in [-0.15, -0.1) is 0 Å². The van der Waals surface area contributed by atoms with Gasteiger partial charge in [-0.05, 0) is 32.4 Å². The molecule has 1 aromatic carbocycles. The van der Waals surface area contributed by atoms with E-state index in [2.05, 4.69) is 16.0 Å². The molecule has 0 saturated heterocycles. The third-order valence-corrected chi connectivity index (χ3v) is 4.84. The predicted molar refractivity (Wildman–Crippen MR) is 136 cm³/mol. The molecular formula is C24H35N5O9. The molecule has 0 aliphatic carbocycles. The number of benzene rings is 1. The van der Waals surface area contributed by atoms with E-state index in [9.17, 15) is 29.4 Å². The topological polar surface area (TPSA) is 233 Å². The molecule has 1 rings (SSSR count). The van der Waals surface area contributed by atoms with Crippen LogP contribution < -0.4 is 26.4 Å². The molecule has 0 radical (unpaired) electrons. The molecule has 9 N–H and O–H groups in total. The first kappa shape index (κ1) is 31.9. The van der Waals surface area contributed by atoms with Gasteiger partial charge in [0.1, 0.15) is 17.5 Å². The third kappa shape index (κ3) is 11.7. The van der Waals surface area contributed by atoms with Crippen LogP contribution in [0.5, 0.6) is 11.5 Å². The Kier molecular flexibility index (Phi) is 13.9. The first-order chi connectivity index (χ1) is 18.0. The largest absolute Gasteiger partial charge is 0.508 e. The lowest BCUT2D eigenvalue weighted by Gasteiger charge is -2.17. The Morgan fingerprint density at radius 2 is 1.79 bits per heavy atom. The molecule has 0 bridgehead atoms. The number of rotatable bonds is 17. The average molecular weight is 538 g/mol. The van der Waals surface area contributed by atoms with Gasteiger partial charge in [0, 0.05) is 42.5 Å². The number of carbonyl (C=O) groups excluding carboxylic acids is 3. The first-order valence-corrected chi connectivity index (χ1v) is 11.7. The van der Waals surface area contributed by atoms with E-state index in [4.69, 9.17) is 25.7 Å². The molecule has 210 valence electrons. The van der Waals surface area contributed by atoms with Gasteiger partial charge in [0.05, 0.1) is 32.0 Å². The Morgan fingerprint density at radius 3 is 2.39 bits per heavy atom. The van der Waals surface area contributed by atoms with Gasteiger partial charge < -0.3 is 51.9 Å². The summed E-state index contributed by atoms with van der Waals surface area (Å²) >= 11 is 0. The number of nitrogens with two attached hydrogens (primary N) is 1. The first-order valence-electron chi connectivity index (χ1n) is 11.7. The van der Waals surface area contributed by atoms with Crippen LogP contribution in [0.1, 0.15) is 37.0 Å². The molecule has 0 unspecified atom stereocenters. The number of carboxylic acid groups (broad SMARTS) is 1. The summed E-state index contributed by atoms with van der Waals surface area (Å²) in [6.45, 7) is 3.00. The highest BCUT2D eigenvalue weighted by atomic mass is 16.5. The molecule has 0 heterocycles. The van der Waals surface area contributed by atoms with Crippen molar-refractivity contribution in [2.24, 2.45) is 5.73 Å². The minimum Gasteiger partial charge on any atom is -0.508 e. The Bertz CT molecular complexity index is 1040. The fraction of sp³-hybridized carbons (Fsp3) is 0.458. The Hall–Kier alpha value is -4.17. The zero-order chi connectivity index (χ0) is 28.7. The van der Waals surface area contributed by atoms with Crippen LogP contribution in [0.25, 0.3) is 0 Å². The van der Waals surface area contributed by atoms with E-state index < -0.39 is 30.4 Å². The number of hydrogen-bond donors (Lipinski definition) is 8. The number of aromatic hydroxyl groups is 1. The fourth-order valence-corrected chi connectivity index (χ4v) is 3.08. The number of phenols is 1. The van der Waals surface area contributed by atoms with E-state index in [0.29, 0.717) is 13.0 Å². The standard InChI is InChI=1S/C24H35N5O9/c1-14(25)21(15(2)26)23(34)29-19(24(35)36)13-28-22(33)16-10-17(31)12-18(11-16)38-7-3-5-27-20(32)4-8-37-9-6-30/h10-12,19,25,30-31H,3-9,13,26H2,1-2H3,(H,27,32)(H,28,33)(H,29,34)(H,35,36)/b21-15+,25-14?/t19-/m0/s1. The second-order valence-electron chi connectivity index (χ2n) is 8.11. The second-order valence-corrected chi connectivity index (χ2v) is 8.11. The minimum atomic E-state index is -1.51. The zero-order valence-electron chi connectivity index (χ0n) is 21.3. The summed E-state index contributed by atoms with van der Waals surface area (Å²) in [6.07, 6.45) is 0.597. The molecule has 0 aliphatic rings. The van der Waals surface area contributed by atoms with E-state index in [1.54, 1.807) is 0 Å². The third-order valence-electron chi connectivity index (χ3n) is 4.84. The summed E-state index contributed by atoms with van der Waals surface area (Å²) in [5.41, 5.74) is 5.33. The summed E-state index contributed by atoms with van der Waals surface area (Å²) in [4.78, 5) is 48.2. The number of aliphatic hydroxyl groups is 1. The monoisotopic (exact) mass is 537 g/mol. The van der Waals surface area contributed by atoms with Crippen molar-refractivity contribution in [1.82, 2.24) is 16.0 Å². The lowest BCUT2D eigenvalue weighted by atomic mass is 10.1.